The van der Waals surface area contributed by atoms with Crippen molar-refractivity contribution in [2.75, 3.05) is 20.2 Å². The van der Waals surface area contributed by atoms with Gasteiger partial charge in [0.25, 0.3) is 0 Å². The SMILES string of the molecule is CCOC(=O)C1=NN=C(C)N(C)C1. The molecule has 1 aliphatic heterocycles. The fraction of sp³-hybridized carbons (Fsp3) is 0.625. The fourth-order valence-corrected chi connectivity index (χ4v) is 0.900. The van der Waals surface area contributed by atoms with E-state index in [1.807, 2.05) is 18.9 Å². The molecule has 0 saturated carbocycles. The average Bonchev–Trinajstić information content (AvgIpc) is 2.10. The highest BCUT2D eigenvalue weighted by atomic mass is 16.5. The maximum atomic E-state index is 11.2. The minimum atomic E-state index is -0.384. The smallest absolute Gasteiger partial charge is 0.356 e. The summed E-state index contributed by atoms with van der Waals surface area (Å²) in [6.45, 7) is 4.43. The number of carbonyl (C=O) groups excluding carboxylic acids is 1. The summed E-state index contributed by atoms with van der Waals surface area (Å²) in [6, 6.07) is 0. The number of amidine groups is 1. The minimum absolute atomic E-state index is 0.356. The van der Waals surface area contributed by atoms with Crippen LogP contribution in [-0.4, -0.2) is 42.6 Å². The zero-order valence-corrected chi connectivity index (χ0v) is 8.07. The molecule has 0 N–H and O–H groups in total. The van der Waals surface area contributed by atoms with Gasteiger partial charge in [0.2, 0.25) is 0 Å². The maximum absolute atomic E-state index is 11.2. The maximum Gasteiger partial charge on any atom is 0.356 e. The van der Waals surface area contributed by atoms with Crippen molar-refractivity contribution in [2.24, 2.45) is 10.2 Å². The molecule has 0 fully saturated rings. The molecule has 0 atom stereocenters. The number of hydrogen-bond acceptors (Lipinski definition) is 5. The van der Waals surface area contributed by atoms with E-state index >= 15 is 0 Å². The number of rotatable bonds is 2. The van der Waals surface area contributed by atoms with E-state index in [1.54, 1.807) is 6.92 Å². The Morgan fingerprint density at radius 2 is 2.31 bits per heavy atom. The lowest BCUT2D eigenvalue weighted by atomic mass is 10.3. The Morgan fingerprint density at radius 1 is 1.62 bits per heavy atom. The van der Waals surface area contributed by atoms with E-state index < -0.39 is 0 Å². The standard InChI is InChI=1S/C8H13N3O2/c1-4-13-8(12)7-5-11(3)6(2)9-10-7/h4-5H2,1-3H3. The van der Waals surface area contributed by atoms with Crippen molar-refractivity contribution in [3.8, 4) is 0 Å². The van der Waals surface area contributed by atoms with Crippen LogP contribution in [0.4, 0.5) is 0 Å². The zero-order valence-electron chi connectivity index (χ0n) is 8.07. The van der Waals surface area contributed by atoms with E-state index in [1.165, 1.54) is 0 Å². The highest BCUT2D eigenvalue weighted by molar-refractivity contribution is 6.37. The molecule has 0 unspecified atom stereocenters. The van der Waals surface area contributed by atoms with Crippen LogP contribution < -0.4 is 0 Å². The molecule has 1 rings (SSSR count). The van der Waals surface area contributed by atoms with Crippen LogP contribution >= 0.6 is 0 Å². The number of ether oxygens (including phenoxy) is 1. The van der Waals surface area contributed by atoms with Gasteiger partial charge >= 0.3 is 5.97 Å². The second-order valence-corrected chi connectivity index (χ2v) is 2.77. The highest BCUT2D eigenvalue weighted by Crippen LogP contribution is 1.99. The molecule has 13 heavy (non-hydrogen) atoms. The average molecular weight is 183 g/mol. The van der Waals surface area contributed by atoms with E-state index in [4.69, 9.17) is 4.74 Å². The Bertz CT molecular complexity index is 271. The third kappa shape index (κ3) is 2.27. The van der Waals surface area contributed by atoms with Crippen LogP contribution in [0.3, 0.4) is 0 Å². The van der Waals surface area contributed by atoms with Crippen LogP contribution in [-0.2, 0) is 9.53 Å². The van der Waals surface area contributed by atoms with Gasteiger partial charge in [0.15, 0.2) is 5.71 Å². The molecule has 1 heterocycles. The number of carbonyl (C=O) groups is 1. The van der Waals surface area contributed by atoms with Gasteiger partial charge in [-0.05, 0) is 13.8 Å². The molecular weight excluding hydrogens is 170 g/mol. The topological polar surface area (TPSA) is 54.3 Å². The lowest BCUT2D eigenvalue weighted by Crippen LogP contribution is -2.37. The monoisotopic (exact) mass is 183 g/mol. The van der Waals surface area contributed by atoms with Crippen LogP contribution in [0.2, 0.25) is 0 Å². The minimum Gasteiger partial charge on any atom is -0.461 e. The van der Waals surface area contributed by atoms with Crippen molar-refractivity contribution in [3.63, 3.8) is 0 Å². The molecule has 5 nitrogen and oxygen atoms in total. The Morgan fingerprint density at radius 3 is 2.85 bits per heavy atom. The van der Waals surface area contributed by atoms with Crippen molar-refractivity contribution >= 4 is 17.5 Å². The fourth-order valence-electron chi connectivity index (χ4n) is 0.900. The Balaban J connectivity index is 2.68. The Labute approximate surface area is 77.1 Å². The second-order valence-electron chi connectivity index (χ2n) is 2.77. The Hall–Kier alpha value is -1.39. The second kappa shape index (κ2) is 4.02. The van der Waals surface area contributed by atoms with Crippen LogP contribution in [0.1, 0.15) is 13.8 Å². The largest absolute Gasteiger partial charge is 0.461 e. The van der Waals surface area contributed by atoms with Gasteiger partial charge in [0.1, 0.15) is 5.84 Å². The first-order valence-electron chi connectivity index (χ1n) is 4.14. The summed E-state index contributed by atoms with van der Waals surface area (Å²) in [5.74, 6) is 0.415. The van der Waals surface area contributed by atoms with Gasteiger partial charge in [-0.1, -0.05) is 0 Å². The molecule has 0 spiro atoms. The molecule has 0 amide bonds. The van der Waals surface area contributed by atoms with Gasteiger partial charge in [-0.15, -0.1) is 10.2 Å². The molecule has 0 aromatic carbocycles. The highest BCUT2D eigenvalue weighted by Gasteiger charge is 2.18. The molecule has 0 radical (unpaired) electrons. The van der Waals surface area contributed by atoms with E-state index in [2.05, 4.69) is 10.2 Å². The van der Waals surface area contributed by atoms with Gasteiger partial charge in [-0.2, -0.15) is 0 Å². The molecule has 72 valence electrons. The van der Waals surface area contributed by atoms with Gasteiger partial charge in [-0.25, -0.2) is 4.79 Å². The van der Waals surface area contributed by atoms with E-state index in [0.717, 1.165) is 5.84 Å². The molecule has 0 aromatic heterocycles. The van der Waals surface area contributed by atoms with E-state index in [9.17, 15) is 4.79 Å². The molecule has 1 aliphatic rings. The molecular formula is C8H13N3O2. The predicted molar refractivity (Wildman–Crippen MR) is 49.8 cm³/mol. The van der Waals surface area contributed by atoms with Crippen LogP contribution in [0.5, 0.6) is 0 Å². The number of esters is 1. The summed E-state index contributed by atoms with van der Waals surface area (Å²) in [7, 11) is 1.85. The molecule has 5 heteroatoms. The van der Waals surface area contributed by atoms with Crippen molar-refractivity contribution in [1.82, 2.24) is 4.90 Å². The summed E-state index contributed by atoms with van der Waals surface area (Å²) in [5, 5.41) is 7.59. The first-order chi connectivity index (χ1) is 6.15. The predicted octanol–water partition coefficient (Wildman–Crippen LogP) is 0.269. The first-order valence-corrected chi connectivity index (χ1v) is 4.14. The third-order valence-corrected chi connectivity index (χ3v) is 1.77. The van der Waals surface area contributed by atoms with E-state index in [-0.39, 0.29) is 5.97 Å². The lowest BCUT2D eigenvalue weighted by Gasteiger charge is -2.20. The van der Waals surface area contributed by atoms with Crippen molar-refractivity contribution in [1.29, 1.82) is 0 Å². The summed E-state index contributed by atoms with van der Waals surface area (Å²) in [5.41, 5.74) is 0.356. The Kier molecular flexibility index (Phi) is 3.00. The summed E-state index contributed by atoms with van der Waals surface area (Å²) in [4.78, 5) is 13.0. The third-order valence-electron chi connectivity index (χ3n) is 1.77. The van der Waals surface area contributed by atoms with Crippen LogP contribution in [0.15, 0.2) is 10.2 Å². The van der Waals surface area contributed by atoms with Gasteiger partial charge in [0.05, 0.1) is 13.2 Å². The normalized spacial score (nSPS) is 16.4. The van der Waals surface area contributed by atoms with Crippen LogP contribution in [0, 0.1) is 0 Å². The lowest BCUT2D eigenvalue weighted by molar-refractivity contribution is -0.135. The first kappa shape index (κ1) is 9.70. The summed E-state index contributed by atoms with van der Waals surface area (Å²) >= 11 is 0. The van der Waals surface area contributed by atoms with E-state index in [0.29, 0.717) is 18.9 Å². The van der Waals surface area contributed by atoms with Gasteiger partial charge in [-0.3, -0.25) is 0 Å². The summed E-state index contributed by atoms with van der Waals surface area (Å²) in [6.07, 6.45) is 0. The van der Waals surface area contributed by atoms with Crippen molar-refractivity contribution < 1.29 is 9.53 Å². The van der Waals surface area contributed by atoms with Crippen molar-refractivity contribution in [2.45, 2.75) is 13.8 Å². The molecule has 0 bridgehead atoms. The van der Waals surface area contributed by atoms with Gasteiger partial charge in [0, 0.05) is 7.05 Å². The molecule has 0 aromatic rings. The summed E-state index contributed by atoms with van der Waals surface area (Å²) < 4.78 is 4.80. The number of hydrogen-bond donors (Lipinski definition) is 0. The zero-order chi connectivity index (χ0) is 9.84. The number of nitrogens with zero attached hydrogens (tertiary/aromatic N) is 3. The molecule has 0 aliphatic carbocycles. The quantitative estimate of drug-likeness (QED) is 0.577. The van der Waals surface area contributed by atoms with Gasteiger partial charge < -0.3 is 9.64 Å². The molecule has 0 saturated heterocycles. The van der Waals surface area contributed by atoms with Crippen molar-refractivity contribution in [3.05, 3.63) is 0 Å². The van der Waals surface area contributed by atoms with Crippen LogP contribution in [0.25, 0.3) is 0 Å².